The molecule has 142 valence electrons. The minimum absolute atomic E-state index is 0.143. The number of nitrogens with zero attached hydrogens (tertiary/aromatic N) is 1. The maximum atomic E-state index is 12.9. The molecule has 3 aromatic rings. The molecule has 0 atom stereocenters. The number of amides is 1. The van der Waals surface area contributed by atoms with Crippen LogP contribution in [0.15, 0.2) is 41.3 Å². The van der Waals surface area contributed by atoms with Crippen molar-refractivity contribution in [3.8, 4) is 5.75 Å². The average molecular weight is 430 g/mol. The van der Waals surface area contributed by atoms with E-state index < -0.39 is 27.3 Å². The summed E-state index contributed by atoms with van der Waals surface area (Å²) in [7, 11) is -2.40. The van der Waals surface area contributed by atoms with Crippen LogP contribution in [-0.2, 0) is 14.6 Å². The quantitative estimate of drug-likeness (QED) is 0.461. The van der Waals surface area contributed by atoms with Crippen molar-refractivity contribution in [2.75, 3.05) is 18.3 Å². The van der Waals surface area contributed by atoms with Gasteiger partial charge >= 0.3 is 0 Å². The van der Waals surface area contributed by atoms with Gasteiger partial charge in [-0.3, -0.25) is 15.6 Å². The van der Waals surface area contributed by atoms with E-state index in [4.69, 9.17) is 16.3 Å². The van der Waals surface area contributed by atoms with Gasteiger partial charge in [0.25, 0.3) is 5.91 Å². The molecule has 11 heteroatoms. The number of hydrazine groups is 1. The molecule has 2 aromatic carbocycles. The predicted octanol–water partition coefficient (Wildman–Crippen LogP) is 3.01. The molecule has 0 saturated heterocycles. The lowest BCUT2D eigenvalue weighted by Crippen LogP contribution is -2.34. The maximum Gasteiger partial charge on any atom is 0.253 e. The molecule has 1 amide bonds. The summed E-state index contributed by atoms with van der Waals surface area (Å²) in [6.07, 6.45) is 0. The van der Waals surface area contributed by atoms with E-state index >= 15 is 0 Å². The Morgan fingerprint density at radius 3 is 2.63 bits per heavy atom. The van der Waals surface area contributed by atoms with Gasteiger partial charge in [0.2, 0.25) is 5.13 Å². The lowest BCUT2D eigenvalue weighted by molar-refractivity contribution is -0.118. The molecule has 0 unspecified atom stereocenters. The van der Waals surface area contributed by atoms with E-state index in [1.807, 2.05) is 0 Å². The summed E-state index contributed by atoms with van der Waals surface area (Å²) in [5.41, 5.74) is 5.36. The van der Waals surface area contributed by atoms with Crippen LogP contribution in [0.4, 0.5) is 9.52 Å². The second kappa shape index (κ2) is 7.67. The second-order valence-electron chi connectivity index (χ2n) is 5.33. The highest BCUT2D eigenvalue weighted by molar-refractivity contribution is 7.92. The van der Waals surface area contributed by atoms with Gasteiger partial charge in [0.15, 0.2) is 9.84 Å². The topological polar surface area (TPSA) is 97.4 Å². The Balaban J connectivity index is 1.69. The molecule has 27 heavy (non-hydrogen) atoms. The van der Waals surface area contributed by atoms with Crippen LogP contribution in [0.3, 0.4) is 0 Å². The van der Waals surface area contributed by atoms with Gasteiger partial charge < -0.3 is 4.74 Å². The summed E-state index contributed by atoms with van der Waals surface area (Å²) < 4.78 is 43.1. The molecule has 3 rings (SSSR count). The van der Waals surface area contributed by atoms with Gasteiger partial charge in [-0.05, 0) is 36.4 Å². The molecular weight excluding hydrogens is 417 g/mol. The highest BCUT2D eigenvalue weighted by Crippen LogP contribution is 2.37. The van der Waals surface area contributed by atoms with Crippen molar-refractivity contribution in [3.05, 3.63) is 47.2 Å². The zero-order valence-electron chi connectivity index (χ0n) is 13.8. The first-order valence-corrected chi connectivity index (χ1v) is 10.3. The van der Waals surface area contributed by atoms with Gasteiger partial charge in [0.05, 0.1) is 21.7 Å². The molecule has 0 aliphatic rings. The summed E-state index contributed by atoms with van der Waals surface area (Å²) in [4.78, 5) is 16.1. The molecule has 0 aliphatic heterocycles. The average Bonchev–Trinajstić information content (AvgIpc) is 3.06. The number of rotatable bonds is 6. The second-order valence-corrected chi connectivity index (χ2v) is 8.73. The number of nitrogens with one attached hydrogen (secondary N) is 2. The van der Waals surface area contributed by atoms with Gasteiger partial charge in [-0.25, -0.2) is 17.8 Å². The van der Waals surface area contributed by atoms with Crippen molar-refractivity contribution in [1.82, 2.24) is 10.4 Å². The first-order valence-electron chi connectivity index (χ1n) is 7.46. The number of ether oxygens (including phenoxy) is 1. The predicted molar refractivity (Wildman–Crippen MR) is 101 cm³/mol. The number of carbonyl (C=O) groups is 1. The van der Waals surface area contributed by atoms with E-state index in [1.165, 1.54) is 18.4 Å². The Hall–Kier alpha value is -2.43. The van der Waals surface area contributed by atoms with Gasteiger partial charge in [0, 0.05) is 0 Å². The Kier molecular flexibility index (Phi) is 5.49. The van der Waals surface area contributed by atoms with Crippen LogP contribution >= 0.6 is 22.9 Å². The molecule has 0 spiro atoms. The first-order chi connectivity index (χ1) is 12.8. The number of anilines is 1. The van der Waals surface area contributed by atoms with Crippen molar-refractivity contribution in [2.45, 2.75) is 4.90 Å². The molecule has 0 radical (unpaired) electrons. The Bertz CT molecular complexity index is 1100. The van der Waals surface area contributed by atoms with E-state index in [9.17, 15) is 17.6 Å². The van der Waals surface area contributed by atoms with E-state index in [1.54, 1.807) is 12.1 Å². The molecule has 1 aromatic heterocycles. The third kappa shape index (κ3) is 4.29. The Morgan fingerprint density at radius 1 is 1.26 bits per heavy atom. The molecule has 1 heterocycles. The number of benzene rings is 2. The number of hydrogen-bond donors (Lipinski definition) is 2. The monoisotopic (exact) mass is 429 g/mol. The number of sulfone groups is 1. The third-order valence-corrected chi connectivity index (χ3v) is 6.54. The van der Waals surface area contributed by atoms with Gasteiger partial charge in [-0.15, -0.1) is 0 Å². The molecule has 0 bridgehead atoms. The molecule has 7 nitrogen and oxygen atoms in total. The molecule has 0 aliphatic carbocycles. The number of halogens is 2. The Morgan fingerprint density at radius 2 is 1.96 bits per heavy atom. The number of fused-ring (bicyclic) bond motifs is 1. The standard InChI is InChI=1S/C16H13ClFN3O4S2/c1-25-12-7-6-11(17)15-14(12)19-16(26-15)21-20-13(22)8-27(23,24)10-4-2-9(18)3-5-10/h2-7H,8H2,1H3,(H,19,21)(H,20,22). The SMILES string of the molecule is COc1ccc(Cl)c2sc(NNC(=O)CS(=O)(=O)c3ccc(F)cc3)nc12. The van der Waals surface area contributed by atoms with Crippen molar-refractivity contribution >= 4 is 54.0 Å². The Labute approximate surface area is 163 Å². The van der Waals surface area contributed by atoms with E-state index in [0.717, 1.165) is 24.3 Å². The van der Waals surface area contributed by atoms with E-state index in [0.29, 0.717) is 26.1 Å². The lowest BCUT2D eigenvalue weighted by atomic mass is 10.3. The third-order valence-electron chi connectivity index (χ3n) is 3.48. The van der Waals surface area contributed by atoms with Gasteiger partial charge in [-0.2, -0.15) is 0 Å². The van der Waals surface area contributed by atoms with Gasteiger partial charge in [0.1, 0.15) is 22.8 Å². The molecule has 2 N–H and O–H groups in total. The van der Waals surface area contributed by atoms with Crippen molar-refractivity contribution in [1.29, 1.82) is 0 Å². The zero-order chi connectivity index (χ0) is 19.6. The number of aromatic nitrogens is 1. The normalized spacial score (nSPS) is 11.4. The van der Waals surface area contributed by atoms with Gasteiger partial charge in [-0.1, -0.05) is 22.9 Å². The van der Waals surface area contributed by atoms with Crippen molar-refractivity contribution in [3.63, 3.8) is 0 Å². The molecular formula is C16H13ClFN3O4S2. The van der Waals surface area contributed by atoms with Crippen LogP contribution in [-0.4, -0.2) is 32.2 Å². The number of hydrogen-bond acceptors (Lipinski definition) is 7. The minimum atomic E-state index is -3.90. The van der Waals surface area contributed by atoms with E-state index in [-0.39, 0.29) is 4.90 Å². The van der Waals surface area contributed by atoms with E-state index in [2.05, 4.69) is 15.8 Å². The number of thiazole rings is 1. The fourth-order valence-corrected chi connectivity index (χ4v) is 4.47. The minimum Gasteiger partial charge on any atom is -0.494 e. The van der Waals surface area contributed by atoms with Crippen LogP contribution in [0.5, 0.6) is 5.75 Å². The zero-order valence-corrected chi connectivity index (χ0v) is 16.2. The van der Waals surface area contributed by atoms with Crippen LogP contribution in [0, 0.1) is 5.82 Å². The fourth-order valence-electron chi connectivity index (χ4n) is 2.23. The summed E-state index contributed by atoms with van der Waals surface area (Å²) in [6.45, 7) is 0. The van der Waals surface area contributed by atoms with Crippen LogP contribution in [0.1, 0.15) is 0 Å². The number of methoxy groups -OCH3 is 1. The molecule has 0 fully saturated rings. The highest BCUT2D eigenvalue weighted by atomic mass is 35.5. The van der Waals surface area contributed by atoms with Crippen LogP contribution < -0.4 is 15.6 Å². The smallest absolute Gasteiger partial charge is 0.253 e. The summed E-state index contributed by atoms with van der Waals surface area (Å²) >= 11 is 7.29. The maximum absolute atomic E-state index is 12.9. The van der Waals surface area contributed by atoms with Crippen molar-refractivity contribution < 1.29 is 22.3 Å². The summed E-state index contributed by atoms with van der Waals surface area (Å²) in [5.74, 6) is -1.65. The first kappa shape index (κ1) is 19.3. The number of carbonyl (C=O) groups excluding carboxylic acids is 1. The van der Waals surface area contributed by atoms with Crippen LogP contribution in [0.2, 0.25) is 5.02 Å². The highest BCUT2D eigenvalue weighted by Gasteiger charge is 2.20. The largest absolute Gasteiger partial charge is 0.494 e. The van der Waals surface area contributed by atoms with Crippen LogP contribution in [0.25, 0.3) is 10.2 Å². The lowest BCUT2D eigenvalue weighted by Gasteiger charge is -2.06. The fraction of sp³-hybridized carbons (Fsp3) is 0.125. The van der Waals surface area contributed by atoms with Crippen molar-refractivity contribution in [2.24, 2.45) is 0 Å². The summed E-state index contributed by atoms with van der Waals surface area (Å²) in [5, 5.41) is 0.783. The molecule has 0 saturated carbocycles. The summed E-state index contributed by atoms with van der Waals surface area (Å²) in [6, 6.07) is 7.57.